The fourth-order valence-electron chi connectivity index (χ4n) is 3.76. The summed E-state index contributed by atoms with van der Waals surface area (Å²) in [5.41, 5.74) is 1.76. The van der Waals surface area contributed by atoms with Gasteiger partial charge in [0.15, 0.2) is 5.76 Å². The topological polar surface area (TPSA) is 114 Å². The molecule has 36 heavy (non-hydrogen) atoms. The lowest BCUT2D eigenvalue weighted by Crippen LogP contribution is -2.38. The van der Waals surface area contributed by atoms with Crippen molar-refractivity contribution in [2.45, 2.75) is 32.2 Å². The first-order valence-corrected chi connectivity index (χ1v) is 12.3. The Bertz CT molecular complexity index is 1270. The van der Waals surface area contributed by atoms with Gasteiger partial charge < -0.3 is 25.2 Å². The van der Waals surface area contributed by atoms with Gasteiger partial charge in [-0.25, -0.2) is 4.79 Å². The summed E-state index contributed by atoms with van der Waals surface area (Å²) in [5, 5.41) is 15.4. The maximum Gasteiger partial charge on any atom is 0.335 e. The van der Waals surface area contributed by atoms with Crippen LogP contribution in [0, 0.1) is 0 Å². The Labute approximate surface area is 212 Å². The molecule has 2 amide bonds. The summed E-state index contributed by atoms with van der Waals surface area (Å²) >= 11 is 1.35. The lowest BCUT2D eigenvalue weighted by Gasteiger charge is -2.19. The molecule has 1 aliphatic rings. The van der Waals surface area contributed by atoms with Crippen molar-refractivity contribution in [3.63, 3.8) is 0 Å². The summed E-state index contributed by atoms with van der Waals surface area (Å²) in [6, 6.07) is 16.7. The third-order valence-electron chi connectivity index (χ3n) is 5.57. The SMILES string of the molecule is CCCc1cc(C(=O)NC(Cc2ccccc2)C2=COCO2)c(NC(=O)c2ccc(C(=O)O)cc2)s1. The number of benzene rings is 2. The zero-order valence-corrected chi connectivity index (χ0v) is 20.5. The van der Waals surface area contributed by atoms with Crippen LogP contribution in [0.2, 0.25) is 0 Å². The highest BCUT2D eigenvalue weighted by molar-refractivity contribution is 7.16. The Morgan fingerprint density at radius 3 is 2.39 bits per heavy atom. The van der Waals surface area contributed by atoms with Crippen LogP contribution < -0.4 is 10.6 Å². The number of amides is 2. The van der Waals surface area contributed by atoms with Gasteiger partial charge in [0.1, 0.15) is 11.3 Å². The number of carbonyl (C=O) groups is 3. The molecule has 3 N–H and O–H groups in total. The number of carbonyl (C=O) groups excluding carboxylic acids is 2. The minimum absolute atomic E-state index is 0.0878. The van der Waals surface area contributed by atoms with E-state index in [0.717, 1.165) is 23.3 Å². The number of carboxylic acids is 1. The van der Waals surface area contributed by atoms with E-state index >= 15 is 0 Å². The number of ether oxygens (including phenoxy) is 2. The number of carboxylic acid groups (broad SMARTS) is 1. The number of rotatable bonds is 10. The average molecular weight is 507 g/mol. The van der Waals surface area contributed by atoms with Crippen LogP contribution in [0.1, 0.15) is 54.9 Å². The molecule has 0 bridgehead atoms. The molecule has 2 aromatic carbocycles. The number of thiophene rings is 1. The van der Waals surface area contributed by atoms with Crippen molar-refractivity contribution in [1.82, 2.24) is 5.32 Å². The monoisotopic (exact) mass is 506 g/mol. The number of hydrogen-bond acceptors (Lipinski definition) is 6. The van der Waals surface area contributed by atoms with Crippen molar-refractivity contribution < 1.29 is 29.0 Å². The largest absolute Gasteiger partial charge is 0.478 e. The molecule has 0 saturated carbocycles. The van der Waals surface area contributed by atoms with Crippen LogP contribution in [0.4, 0.5) is 5.00 Å². The van der Waals surface area contributed by atoms with Crippen LogP contribution in [0.5, 0.6) is 0 Å². The van der Waals surface area contributed by atoms with Gasteiger partial charge in [0.2, 0.25) is 6.79 Å². The maximum absolute atomic E-state index is 13.4. The van der Waals surface area contributed by atoms with Gasteiger partial charge in [-0.15, -0.1) is 11.3 Å². The van der Waals surface area contributed by atoms with Gasteiger partial charge in [-0.1, -0.05) is 43.7 Å². The normalized spacial score (nSPS) is 13.2. The van der Waals surface area contributed by atoms with Crippen LogP contribution >= 0.6 is 11.3 Å². The highest BCUT2D eigenvalue weighted by Crippen LogP contribution is 2.30. The van der Waals surface area contributed by atoms with E-state index in [1.807, 2.05) is 37.3 Å². The van der Waals surface area contributed by atoms with Crippen LogP contribution in [0.3, 0.4) is 0 Å². The summed E-state index contributed by atoms with van der Waals surface area (Å²) in [7, 11) is 0. The predicted molar refractivity (Wildman–Crippen MR) is 136 cm³/mol. The van der Waals surface area contributed by atoms with E-state index < -0.39 is 17.9 Å². The van der Waals surface area contributed by atoms with E-state index in [1.165, 1.54) is 41.9 Å². The van der Waals surface area contributed by atoms with E-state index in [1.54, 1.807) is 6.07 Å². The predicted octanol–water partition coefficient (Wildman–Crippen LogP) is 4.84. The third kappa shape index (κ3) is 6.11. The highest BCUT2D eigenvalue weighted by atomic mass is 32.1. The Morgan fingerprint density at radius 2 is 1.75 bits per heavy atom. The minimum Gasteiger partial charge on any atom is -0.478 e. The molecule has 8 nitrogen and oxygen atoms in total. The molecule has 1 aromatic heterocycles. The molecule has 1 aliphatic heterocycles. The van der Waals surface area contributed by atoms with Gasteiger partial charge in [0.05, 0.1) is 17.2 Å². The summed E-state index contributed by atoms with van der Waals surface area (Å²) in [6.07, 6.45) is 3.67. The third-order valence-corrected chi connectivity index (χ3v) is 6.68. The number of hydrogen-bond donors (Lipinski definition) is 3. The van der Waals surface area contributed by atoms with Gasteiger partial charge >= 0.3 is 5.97 Å². The molecule has 0 fully saturated rings. The molecule has 0 saturated heterocycles. The molecule has 4 rings (SSSR count). The van der Waals surface area contributed by atoms with E-state index in [9.17, 15) is 14.4 Å². The molecule has 0 spiro atoms. The molecule has 3 aromatic rings. The number of aromatic carboxylic acids is 1. The quantitative estimate of drug-likeness (QED) is 0.363. The van der Waals surface area contributed by atoms with Gasteiger partial charge in [0.25, 0.3) is 11.8 Å². The van der Waals surface area contributed by atoms with E-state index in [2.05, 4.69) is 10.6 Å². The molecular formula is C27H26N2O6S. The van der Waals surface area contributed by atoms with Crippen LogP contribution in [0.25, 0.3) is 0 Å². The van der Waals surface area contributed by atoms with E-state index in [0.29, 0.717) is 28.3 Å². The molecule has 2 heterocycles. The smallest absolute Gasteiger partial charge is 0.335 e. The molecule has 1 atom stereocenters. The fraction of sp³-hybridized carbons (Fsp3) is 0.222. The lowest BCUT2D eigenvalue weighted by atomic mass is 10.0. The van der Waals surface area contributed by atoms with Gasteiger partial charge in [-0.2, -0.15) is 0 Å². The summed E-state index contributed by atoms with van der Waals surface area (Å²) in [5.74, 6) is -1.31. The zero-order chi connectivity index (χ0) is 25.5. The van der Waals surface area contributed by atoms with E-state index in [4.69, 9.17) is 14.6 Å². The molecule has 0 aliphatic carbocycles. The second-order valence-electron chi connectivity index (χ2n) is 8.21. The molecule has 0 radical (unpaired) electrons. The summed E-state index contributed by atoms with van der Waals surface area (Å²) in [4.78, 5) is 38.4. The Kier molecular flexibility index (Phi) is 8.02. The number of aryl methyl sites for hydroxylation is 1. The van der Waals surface area contributed by atoms with Crippen LogP contribution in [-0.2, 0) is 22.3 Å². The van der Waals surface area contributed by atoms with E-state index in [-0.39, 0.29) is 18.3 Å². The summed E-state index contributed by atoms with van der Waals surface area (Å²) < 4.78 is 10.8. The first kappa shape index (κ1) is 25.0. The van der Waals surface area contributed by atoms with Gasteiger partial charge in [-0.05, 0) is 42.3 Å². The second kappa shape index (κ2) is 11.5. The van der Waals surface area contributed by atoms with Crippen molar-refractivity contribution >= 4 is 34.1 Å². The highest BCUT2D eigenvalue weighted by Gasteiger charge is 2.26. The average Bonchev–Trinajstić information content (AvgIpc) is 3.55. The Balaban J connectivity index is 1.55. The fourth-order valence-corrected chi connectivity index (χ4v) is 4.91. The molecule has 1 unspecified atom stereocenters. The number of nitrogens with one attached hydrogen (secondary N) is 2. The molecule has 9 heteroatoms. The van der Waals surface area contributed by atoms with Crippen LogP contribution in [0.15, 0.2) is 72.7 Å². The molecular weight excluding hydrogens is 480 g/mol. The number of anilines is 1. The standard InChI is InChI=1S/C27H26N2O6S/c1-2-6-20-14-21(26(36-20)29-24(30)18-9-11-19(12-10-18)27(32)33)25(31)28-22(23-15-34-16-35-23)13-17-7-4-3-5-8-17/h3-5,7-12,14-15,22H,2,6,13,16H2,1H3,(H,28,31)(H,29,30)(H,32,33). The first-order chi connectivity index (χ1) is 17.4. The molecule has 186 valence electrons. The van der Waals surface area contributed by atoms with Gasteiger partial charge in [0, 0.05) is 16.9 Å². The maximum atomic E-state index is 13.4. The van der Waals surface area contributed by atoms with Crippen molar-refractivity contribution in [3.8, 4) is 0 Å². The second-order valence-corrected chi connectivity index (χ2v) is 9.34. The van der Waals surface area contributed by atoms with Crippen molar-refractivity contribution in [3.05, 3.63) is 99.8 Å². The Hall–Kier alpha value is -4.11. The van der Waals surface area contributed by atoms with Crippen LogP contribution in [-0.4, -0.2) is 35.7 Å². The lowest BCUT2D eigenvalue weighted by molar-refractivity contribution is 0.0696. The Morgan fingerprint density at radius 1 is 1.03 bits per heavy atom. The van der Waals surface area contributed by atoms with Crippen molar-refractivity contribution in [2.24, 2.45) is 0 Å². The van der Waals surface area contributed by atoms with Crippen molar-refractivity contribution in [2.75, 3.05) is 12.1 Å². The minimum atomic E-state index is -1.07. The van der Waals surface area contributed by atoms with Crippen molar-refractivity contribution in [1.29, 1.82) is 0 Å². The van der Waals surface area contributed by atoms with Gasteiger partial charge in [-0.3, -0.25) is 9.59 Å². The zero-order valence-electron chi connectivity index (χ0n) is 19.7. The first-order valence-electron chi connectivity index (χ1n) is 11.5. The summed E-state index contributed by atoms with van der Waals surface area (Å²) in [6.45, 7) is 2.14.